The predicted octanol–water partition coefficient (Wildman–Crippen LogP) is 4.05. The second-order valence-corrected chi connectivity index (χ2v) is 6.60. The molecule has 1 amide bonds. The highest BCUT2D eigenvalue weighted by molar-refractivity contribution is 6.36. The lowest BCUT2D eigenvalue weighted by atomic mass is 10.1. The van der Waals surface area contributed by atoms with E-state index in [9.17, 15) is 4.79 Å². The molecule has 3 aromatic rings. The summed E-state index contributed by atoms with van der Waals surface area (Å²) in [5.74, 6) is -0.234. The van der Waals surface area contributed by atoms with E-state index >= 15 is 0 Å². The van der Waals surface area contributed by atoms with Crippen molar-refractivity contribution in [1.82, 2.24) is 25.3 Å². The predicted molar refractivity (Wildman–Crippen MR) is 98.2 cm³/mol. The second kappa shape index (κ2) is 7.91. The van der Waals surface area contributed by atoms with Gasteiger partial charge in [-0.05, 0) is 30.7 Å². The van der Waals surface area contributed by atoms with Crippen LogP contribution in [0.25, 0.3) is 11.3 Å². The monoisotopic (exact) mass is 397 g/mol. The number of aromatic nitrogens is 4. The largest absolute Gasteiger partial charge is 0.351 e. The molecule has 0 atom stereocenters. The molecule has 0 saturated heterocycles. The third-order valence-corrected chi connectivity index (χ3v) is 4.22. The van der Waals surface area contributed by atoms with E-state index in [1.807, 2.05) is 0 Å². The molecule has 6 nitrogen and oxygen atoms in total. The minimum Gasteiger partial charge on any atom is -0.351 e. The van der Waals surface area contributed by atoms with Gasteiger partial charge in [0.15, 0.2) is 0 Å². The molecule has 0 saturated carbocycles. The van der Waals surface area contributed by atoms with Gasteiger partial charge in [-0.25, -0.2) is 0 Å². The number of hydrogen-bond acceptors (Lipinski definition) is 3. The van der Waals surface area contributed by atoms with Crippen molar-refractivity contribution >= 4 is 40.7 Å². The molecule has 0 unspecified atom stereocenters. The number of amides is 1. The fourth-order valence-corrected chi connectivity index (χ4v) is 2.93. The lowest BCUT2D eigenvalue weighted by Gasteiger charge is -2.03. The number of aryl methyl sites for hydroxylation is 1. The minimum absolute atomic E-state index is 0.234. The normalized spacial score (nSPS) is 10.8. The summed E-state index contributed by atoms with van der Waals surface area (Å²) in [5.41, 5.74) is 1.65. The highest BCUT2D eigenvalue weighted by atomic mass is 35.5. The number of carbonyl (C=O) groups is 1. The number of carbonyl (C=O) groups excluding carboxylic acids is 1. The quantitative estimate of drug-likeness (QED) is 0.615. The number of hydrogen-bond donors (Lipinski definition) is 2. The summed E-state index contributed by atoms with van der Waals surface area (Å²) in [5, 5.41) is 15.4. The fourth-order valence-electron chi connectivity index (χ4n) is 2.27. The molecule has 2 heterocycles. The second-order valence-electron chi connectivity index (χ2n) is 5.32. The summed E-state index contributed by atoms with van der Waals surface area (Å²) in [6, 6.07) is 6.77. The maximum absolute atomic E-state index is 12.2. The summed E-state index contributed by atoms with van der Waals surface area (Å²) in [6.45, 7) is 1.17. The Morgan fingerprint density at radius 2 is 2.04 bits per heavy atom. The Morgan fingerprint density at radius 3 is 2.76 bits per heavy atom. The summed E-state index contributed by atoms with van der Waals surface area (Å²) in [7, 11) is 0. The van der Waals surface area contributed by atoms with Crippen molar-refractivity contribution in [2.24, 2.45) is 0 Å². The zero-order valence-electron chi connectivity index (χ0n) is 13.0. The van der Waals surface area contributed by atoms with Gasteiger partial charge in [0.2, 0.25) is 0 Å². The smallest absolute Gasteiger partial charge is 0.269 e. The summed E-state index contributed by atoms with van der Waals surface area (Å²) in [4.78, 5) is 12.2. The van der Waals surface area contributed by atoms with Crippen LogP contribution in [0.4, 0.5) is 0 Å². The van der Waals surface area contributed by atoms with Gasteiger partial charge in [-0.15, -0.1) is 0 Å². The molecule has 0 spiro atoms. The standard InChI is InChI=1S/C16H14Cl3N5O/c17-10-2-3-12(13(19)6-10)14-7-15(23-22-14)16(25)20-4-1-5-24-9-11(18)8-21-24/h2-3,6-9H,1,4-5H2,(H,20,25)(H,22,23). The zero-order chi connectivity index (χ0) is 17.8. The topological polar surface area (TPSA) is 75.6 Å². The summed E-state index contributed by atoms with van der Waals surface area (Å²) < 4.78 is 1.73. The van der Waals surface area contributed by atoms with E-state index in [4.69, 9.17) is 34.8 Å². The fraction of sp³-hybridized carbons (Fsp3) is 0.188. The van der Waals surface area contributed by atoms with E-state index in [0.29, 0.717) is 45.1 Å². The third kappa shape index (κ3) is 4.54. The molecule has 0 fully saturated rings. The molecule has 3 rings (SSSR count). The van der Waals surface area contributed by atoms with Crippen molar-refractivity contribution in [1.29, 1.82) is 0 Å². The van der Waals surface area contributed by atoms with Crippen LogP contribution in [0.2, 0.25) is 15.1 Å². The van der Waals surface area contributed by atoms with Crippen LogP contribution in [0.1, 0.15) is 16.9 Å². The van der Waals surface area contributed by atoms with E-state index in [0.717, 1.165) is 6.42 Å². The number of aromatic amines is 1. The van der Waals surface area contributed by atoms with Gasteiger partial charge in [0.1, 0.15) is 5.69 Å². The van der Waals surface area contributed by atoms with Crippen molar-refractivity contribution in [2.75, 3.05) is 6.54 Å². The van der Waals surface area contributed by atoms with E-state index in [2.05, 4.69) is 20.6 Å². The number of benzene rings is 1. The van der Waals surface area contributed by atoms with Crippen LogP contribution >= 0.6 is 34.8 Å². The lowest BCUT2D eigenvalue weighted by Crippen LogP contribution is -2.25. The van der Waals surface area contributed by atoms with Crippen molar-refractivity contribution in [3.63, 3.8) is 0 Å². The van der Waals surface area contributed by atoms with E-state index in [1.54, 1.807) is 41.3 Å². The van der Waals surface area contributed by atoms with Crippen molar-refractivity contribution in [3.05, 3.63) is 57.4 Å². The Balaban J connectivity index is 1.55. The van der Waals surface area contributed by atoms with Gasteiger partial charge in [-0.1, -0.05) is 34.8 Å². The number of rotatable bonds is 6. The Bertz CT molecular complexity index is 890. The van der Waals surface area contributed by atoms with Gasteiger partial charge in [0.25, 0.3) is 5.91 Å². The first-order chi connectivity index (χ1) is 12.0. The highest BCUT2D eigenvalue weighted by Gasteiger charge is 2.13. The molecule has 1 aromatic carbocycles. The van der Waals surface area contributed by atoms with Crippen LogP contribution in [0.3, 0.4) is 0 Å². The molecule has 25 heavy (non-hydrogen) atoms. The van der Waals surface area contributed by atoms with Crippen LogP contribution < -0.4 is 5.32 Å². The number of halogens is 3. The highest BCUT2D eigenvalue weighted by Crippen LogP contribution is 2.29. The van der Waals surface area contributed by atoms with Gasteiger partial charge in [-0.3, -0.25) is 14.6 Å². The van der Waals surface area contributed by atoms with Crippen molar-refractivity contribution in [2.45, 2.75) is 13.0 Å². The Labute approximate surface area is 159 Å². The SMILES string of the molecule is O=C(NCCCn1cc(Cl)cn1)c1cc(-c2ccc(Cl)cc2Cl)n[nH]1. The third-order valence-electron chi connectivity index (χ3n) is 3.48. The van der Waals surface area contributed by atoms with Crippen LogP contribution in [-0.4, -0.2) is 32.4 Å². The van der Waals surface area contributed by atoms with Gasteiger partial charge >= 0.3 is 0 Å². The molecule has 0 bridgehead atoms. The average Bonchev–Trinajstić information content (AvgIpc) is 3.21. The van der Waals surface area contributed by atoms with Gasteiger partial charge in [0, 0.05) is 29.9 Å². The summed E-state index contributed by atoms with van der Waals surface area (Å²) >= 11 is 17.8. The molecule has 9 heteroatoms. The molecule has 0 radical (unpaired) electrons. The van der Waals surface area contributed by atoms with Gasteiger partial charge in [0.05, 0.1) is 21.9 Å². The Kier molecular flexibility index (Phi) is 5.63. The molecule has 130 valence electrons. The van der Waals surface area contributed by atoms with E-state index in [-0.39, 0.29) is 5.91 Å². The lowest BCUT2D eigenvalue weighted by molar-refractivity contribution is 0.0947. The Morgan fingerprint density at radius 1 is 1.20 bits per heavy atom. The molecular formula is C16H14Cl3N5O. The van der Waals surface area contributed by atoms with Gasteiger partial charge < -0.3 is 5.32 Å². The number of H-pyrrole nitrogens is 1. The van der Waals surface area contributed by atoms with Gasteiger partial charge in [-0.2, -0.15) is 10.2 Å². The zero-order valence-corrected chi connectivity index (χ0v) is 15.2. The summed E-state index contributed by atoms with van der Waals surface area (Å²) in [6.07, 6.45) is 4.04. The van der Waals surface area contributed by atoms with Crippen molar-refractivity contribution in [3.8, 4) is 11.3 Å². The van der Waals surface area contributed by atoms with Crippen LogP contribution in [-0.2, 0) is 6.54 Å². The molecule has 2 N–H and O–H groups in total. The molecule has 2 aromatic heterocycles. The molecule has 0 aliphatic heterocycles. The first-order valence-electron chi connectivity index (χ1n) is 7.50. The first kappa shape index (κ1) is 17.8. The van der Waals surface area contributed by atoms with Crippen LogP contribution in [0, 0.1) is 0 Å². The first-order valence-corrected chi connectivity index (χ1v) is 8.63. The van der Waals surface area contributed by atoms with Crippen LogP contribution in [0.5, 0.6) is 0 Å². The van der Waals surface area contributed by atoms with Crippen molar-refractivity contribution < 1.29 is 4.79 Å². The number of nitrogens with one attached hydrogen (secondary N) is 2. The number of nitrogens with zero attached hydrogens (tertiary/aromatic N) is 3. The van der Waals surface area contributed by atoms with E-state index in [1.165, 1.54) is 0 Å². The maximum atomic E-state index is 12.2. The molecular weight excluding hydrogens is 385 g/mol. The van der Waals surface area contributed by atoms with E-state index < -0.39 is 0 Å². The molecule has 0 aliphatic carbocycles. The molecule has 0 aliphatic rings. The van der Waals surface area contributed by atoms with Crippen LogP contribution in [0.15, 0.2) is 36.7 Å². The minimum atomic E-state index is -0.234. The maximum Gasteiger partial charge on any atom is 0.269 e. The Hall–Kier alpha value is -2.02. The average molecular weight is 399 g/mol.